The Morgan fingerprint density at radius 1 is 1.19 bits per heavy atom. The first-order valence-electron chi connectivity index (χ1n) is 8.69. The van der Waals surface area contributed by atoms with Gasteiger partial charge in [-0.3, -0.25) is 9.79 Å². The minimum Gasteiger partial charge on any atom is -0.361 e. The monoisotopic (exact) mass is 471 g/mol. The fourth-order valence-electron chi connectivity index (χ4n) is 2.67. The molecule has 144 valence electrons. The Labute approximate surface area is 172 Å². The second-order valence-corrected chi connectivity index (χ2v) is 7.11. The smallest absolute Gasteiger partial charge is 0.239 e. The highest BCUT2D eigenvalue weighted by molar-refractivity contribution is 14.0. The van der Waals surface area contributed by atoms with Gasteiger partial charge in [-0.15, -0.1) is 24.0 Å². The molecule has 1 heterocycles. The number of fused-ring (bicyclic) bond motifs is 1. The number of aryl methyl sites for hydroxylation is 1. The van der Waals surface area contributed by atoms with E-state index in [1.807, 2.05) is 26.8 Å². The molecule has 0 radical (unpaired) electrons. The van der Waals surface area contributed by atoms with Crippen LogP contribution >= 0.6 is 24.0 Å². The van der Waals surface area contributed by atoms with Gasteiger partial charge < -0.3 is 20.9 Å². The number of amides is 1. The van der Waals surface area contributed by atoms with Crippen molar-refractivity contribution in [2.45, 2.75) is 39.2 Å². The van der Waals surface area contributed by atoms with Gasteiger partial charge in [0.2, 0.25) is 5.91 Å². The number of halogens is 1. The van der Waals surface area contributed by atoms with E-state index >= 15 is 0 Å². The number of para-hydroxylation sites is 1. The van der Waals surface area contributed by atoms with Crippen LogP contribution in [-0.2, 0) is 11.2 Å². The van der Waals surface area contributed by atoms with Crippen LogP contribution in [0.5, 0.6) is 0 Å². The molecular weight excluding hydrogens is 441 g/mol. The summed E-state index contributed by atoms with van der Waals surface area (Å²) in [6.07, 6.45) is 4.05. The summed E-state index contributed by atoms with van der Waals surface area (Å²) in [5.41, 5.74) is 2.27. The van der Waals surface area contributed by atoms with Gasteiger partial charge in [0.15, 0.2) is 5.96 Å². The molecule has 6 nitrogen and oxygen atoms in total. The molecule has 0 saturated carbocycles. The molecule has 0 atom stereocenters. The van der Waals surface area contributed by atoms with Crippen LogP contribution in [0, 0.1) is 0 Å². The van der Waals surface area contributed by atoms with Crippen molar-refractivity contribution in [2.24, 2.45) is 4.99 Å². The predicted molar refractivity (Wildman–Crippen MR) is 119 cm³/mol. The summed E-state index contributed by atoms with van der Waals surface area (Å²) in [7, 11) is 1.71. The Balaban J connectivity index is 0.00000338. The van der Waals surface area contributed by atoms with E-state index < -0.39 is 0 Å². The van der Waals surface area contributed by atoms with Gasteiger partial charge in [-0.1, -0.05) is 18.2 Å². The lowest BCUT2D eigenvalue weighted by atomic mass is 10.1. The molecule has 0 aliphatic heterocycles. The molecule has 0 unspecified atom stereocenters. The summed E-state index contributed by atoms with van der Waals surface area (Å²) in [6.45, 7) is 6.88. The third-order valence-electron chi connectivity index (χ3n) is 3.74. The molecule has 0 spiro atoms. The van der Waals surface area contributed by atoms with Gasteiger partial charge in [0, 0.05) is 36.2 Å². The number of guanidine groups is 1. The lowest BCUT2D eigenvalue weighted by molar-refractivity contribution is -0.121. The van der Waals surface area contributed by atoms with E-state index in [1.54, 1.807) is 7.05 Å². The molecule has 1 aromatic carbocycles. The summed E-state index contributed by atoms with van der Waals surface area (Å²) in [5.74, 6) is 0.595. The van der Waals surface area contributed by atoms with Crippen molar-refractivity contribution >= 4 is 46.7 Å². The number of hydrogen-bond donors (Lipinski definition) is 4. The summed E-state index contributed by atoms with van der Waals surface area (Å²) in [4.78, 5) is 19.3. The maximum atomic E-state index is 11.8. The van der Waals surface area contributed by atoms with Crippen LogP contribution in [-0.4, -0.2) is 42.5 Å². The first kappa shape index (κ1) is 22.3. The molecule has 1 aromatic heterocycles. The summed E-state index contributed by atoms with van der Waals surface area (Å²) in [5, 5.41) is 10.5. The van der Waals surface area contributed by atoms with Crippen molar-refractivity contribution in [3.05, 3.63) is 36.0 Å². The van der Waals surface area contributed by atoms with Crippen LogP contribution in [0.4, 0.5) is 0 Å². The quantitative estimate of drug-likeness (QED) is 0.227. The molecule has 2 aromatic rings. The molecule has 0 saturated heterocycles. The third kappa shape index (κ3) is 7.23. The number of carbonyl (C=O) groups is 1. The molecule has 0 fully saturated rings. The molecule has 0 bridgehead atoms. The van der Waals surface area contributed by atoms with Crippen molar-refractivity contribution in [3.8, 4) is 0 Å². The Morgan fingerprint density at radius 3 is 2.62 bits per heavy atom. The second-order valence-electron chi connectivity index (χ2n) is 7.11. The average molecular weight is 471 g/mol. The number of hydrogen-bond acceptors (Lipinski definition) is 2. The second kappa shape index (κ2) is 10.4. The Kier molecular flexibility index (Phi) is 8.91. The number of aromatic amines is 1. The minimum atomic E-state index is -0.227. The zero-order valence-electron chi connectivity index (χ0n) is 16.0. The number of nitrogens with one attached hydrogen (secondary N) is 4. The third-order valence-corrected chi connectivity index (χ3v) is 3.74. The van der Waals surface area contributed by atoms with Gasteiger partial charge in [0.1, 0.15) is 0 Å². The number of H-pyrrole nitrogens is 1. The SMILES string of the molecule is CN=C(NCCCc1c[nH]c2ccccc12)NCC(=O)NC(C)(C)C.I. The fraction of sp³-hybridized carbons (Fsp3) is 0.474. The van der Waals surface area contributed by atoms with Crippen LogP contribution in [0.25, 0.3) is 10.9 Å². The van der Waals surface area contributed by atoms with Gasteiger partial charge in [0.25, 0.3) is 0 Å². The highest BCUT2D eigenvalue weighted by Gasteiger charge is 2.13. The Hall–Kier alpha value is -1.77. The fourth-order valence-corrected chi connectivity index (χ4v) is 2.67. The summed E-state index contributed by atoms with van der Waals surface area (Å²) < 4.78 is 0. The zero-order valence-corrected chi connectivity index (χ0v) is 18.3. The molecule has 2 rings (SSSR count). The summed E-state index contributed by atoms with van der Waals surface area (Å²) >= 11 is 0. The predicted octanol–water partition coefficient (Wildman–Crippen LogP) is 2.80. The van der Waals surface area contributed by atoms with Crippen LogP contribution in [0.1, 0.15) is 32.8 Å². The van der Waals surface area contributed by atoms with Crippen LogP contribution in [0.15, 0.2) is 35.5 Å². The largest absolute Gasteiger partial charge is 0.361 e. The molecular formula is C19H30IN5O. The number of aromatic nitrogens is 1. The van der Waals surface area contributed by atoms with Crippen LogP contribution in [0.3, 0.4) is 0 Å². The van der Waals surface area contributed by atoms with Crippen molar-refractivity contribution < 1.29 is 4.79 Å². The highest BCUT2D eigenvalue weighted by Crippen LogP contribution is 2.18. The van der Waals surface area contributed by atoms with Gasteiger partial charge in [-0.2, -0.15) is 0 Å². The maximum absolute atomic E-state index is 11.8. The zero-order chi connectivity index (χ0) is 18.3. The average Bonchev–Trinajstić information content (AvgIpc) is 2.96. The highest BCUT2D eigenvalue weighted by atomic mass is 127. The molecule has 1 amide bonds. The van der Waals surface area contributed by atoms with Crippen LogP contribution in [0.2, 0.25) is 0 Å². The number of nitrogens with zero attached hydrogens (tertiary/aromatic N) is 1. The topological polar surface area (TPSA) is 81.3 Å². The molecule has 4 N–H and O–H groups in total. The first-order valence-corrected chi connectivity index (χ1v) is 8.69. The van der Waals surface area contributed by atoms with Crippen molar-refractivity contribution in [1.29, 1.82) is 0 Å². The summed E-state index contributed by atoms with van der Waals surface area (Å²) in [6, 6.07) is 8.33. The lowest BCUT2D eigenvalue weighted by Gasteiger charge is -2.21. The number of carbonyl (C=O) groups excluding carboxylic acids is 1. The normalized spacial score (nSPS) is 11.8. The standard InChI is InChI=1S/C19H29N5O.HI/c1-19(2,3)24-17(25)13-23-18(20-4)21-11-7-8-14-12-22-16-10-6-5-9-15(14)16;/h5-6,9-10,12,22H,7-8,11,13H2,1-4H3,(H,24,25)(H2,20,21,23);1H. The van der Waals surface area contributed by atoms with Gasteiger partial charge in [0.05, 0.1) is 6.54 Å². The van der Waals surface area contributed by atoms with E-state index in [0.29, 0.717) is 5.96 Å². The Morgan fingerprint density at radius 2 is 1.92 bits per heavy atom. The van der Waals surface area contributed by atoms with Crippen LogP contribution < -0.4 is 16.0 Å². The van der Waals surface area contributed by atoms with Crippen molar-refractivity contribution in [1.82, 2.24) is 20.9 Å². The van der Waals surface area contributed by atoms with E-state index in [2.05, 4.69) is 50.3 Å². The number of rotatable bonds is 6. The molecule has 26 heavy (non-hydrogen) atoms. The van der Waals surface area contributed by atoms with Gasteiger partial charge in [-0.25, -0.2) is 0 Å². The van der Waals surface area contributed by atoms with Crippen molar-refractivity contribution in [3.63, 3.8) is 0 Å². The van der Waals surface area contributed by atoms with E-state index in [4.69, 9.17) is 0 Å². The van der Waals surface area contributed by atoms with E-state index in [-0.39, 0.29) is 42.0 Å². The number of benzene rings is 1. The minimum absolute atomic E-state index is 0. The van der Waals surface area contributed by atoms with E-state index in [1.165, 1.54) is 16.5 Å². The molecule has 0 aliphatic rings. The molecule has 7 heteroatoms. The number of aliphatic imine (C=N–C) groups is 1. The molecule has 0 aliphatic carbocycles. The van der Waals surface area contributed by atoms with E-state index in [9.17, 15) is 4.79 Å². The van der Waals surface area contributed by atoms with Crippen molar-refractivity contribution in [2.75, 3.05) is 20.1 Å². The Bertz CT molecular complexity index is 733. The lowest BCUT2D eigenvalue weighted by Crippen LogP contribution is -2.48. The van der Waals surface area contributed by atoms with Gasteiger partial charge in [-0.05, 0) is 45.2 Å². The maximum Gasteiger partial charge on any atom is 0.239 e. The first-order chi connectivity index (χ1) is 11.9. The van der Waals surface area contributed by atoms with E-state index in [0.717, 1.165) is 19.4 Å². The van der Waals surface area contributed by atoms with Gasteiger partial charge >= 0.3 is 0 Å².